The molecular formula is C11H10N6O2S. The Bertz CT molecular complexity index is 708. The zero-order valence-corrected chi connectivity index (χ0v) is 11.3. The fraction of sp³-hybridized carbons (Fsp3) is 0.182. The molecule has 0 fully saturated rings. The van der Waals surface area contributed by atoms with Gasteiger partial charge in [-0.15, -0.1) is 5.10 Å². The van der Waals surface area contributed by atoms with E-state index in [1.807, 2.05) is 6.92 Å². The molecule has 0 amide bonds. The molecule has 9 heteroatoms. The summed E-state index contributed by atoms with van der Waals surface area (Å²) < 4.78 is 6.23. The van der Waals surface area contributed by atoms with Gasteiger partial charge in [-0.3, -0.25) is 0 Å². The lowest BCUT2D eigenvalue weighted by molar-refractivity contribution is 0.302. The van der Waals surface area contributed by atoms with Crippen LogP contribution in [0.1, 0.15) is 11.4 Å². The number of hydrogen-bond acceptors (Lipinski definition) is 8. The zero-order valence-electron chi connectivity index (χ0n) is 10.5. The molecule has 20 heavy (non-hydrogen) atoms. The van der Waals surface area contributed by atoms with E-state index in [1.54, 1.807) is 28.9 Å². The second kappa shape index (κ2) is 5.29. The van der Waals surface area contributed by atoms with Crippen LogP contribution >= 0.6 is 11.8 Å². The second-order valence-electron chi connectivity index (χ2n) is 3.97. The maximum atomic E-state index is 9.29. The molecule has 0 spiro atoms. The van der Waals surface area contributed by atoms with Gasteiger partial charge in [0.2, 0.25) is 5.16 Å². The molecule has 8 nitrogen and oxygen atoms in total. The molecule has 0 saturated carbocycles. The first-order valence-electron chi connectivity index (χ1n) is 5.72. The topological polar surface area (TPSA) is 103 Å². The number of aryl methyl sites for hydroxylation is 1. The van der Waals surface area contributed by atoms with Gasteiger partial charge in [-0.25, -0.2) is 4.63 Å². The van der Waals surface area contributed by atoms with Crippen molar-refractivity contribution < 1.29 is 9.74 Å². The lowest BCUT2D eigenvalue weighted by Crippen LogP contribution is -1.99. The number of aromatic hydroxyl groups is 1. The maximum absolute atomic E-state index is 9.29. The molecular weight excluding hydrogens is 280 g/mol. The van der Waals surface area contributed by atoms with E-state index in [2.05, 4.69) is 30.5 Å². The van der Waals surface area contributed by atoms with Crippen LogP contribution in [-0.4, -0.2) is 35.6 Å². The fourth-order valence-corrected chi connectivity index (χ4v) is 2.42. The first kappa shape index (κ1) is 12.6. The molecule has 0 atom stereocenters. The summed E-state index contributed by atoms with van der Waals surface area (Å²) in [5.41, 5.74) is 2.28. The summed E-state index contributed by atoms with van der Waals surface area (Å²) in [6.45, 7) is 1.83. The standard InChI is InChI=1S/C11H10N6O2S/c1-7-10(14-19-13-7)6-20-11-12-15-16-17(11)8-2-4-9(18)5-3-8/h2-5,18H,6H2,1H3. The van der Waals surface area contributed by atoms with E-state index in [0.29, 0.717) is 10.9 Å². The lowest BCUT2D eigenvalue weighted by atomic mass is 10.3. The van der Waals surface area contributed by atoms with Crippen LogP contribution in [-0.2, 0) is 5.75 Å². The highest BCUT2D eigenvalue weighted by Crippen LogP contribution is 2.23. The predicted octanol–water partition coefficient (Wildman–Crippen LogP) is 1.35. The molecule has 0 bridgehead atoms. The minimum Gasteiger partial charge on any atom is -0.508 e. The second-order valence-corrected chi connectivity index (χ2v) is 4.92. The molecule has 0 aliphatic heterocycles. The van der Waals surface area contributed by atoms with Gasteiger partial charge in [-0.1, -0.05) is 22.1 Å². The number of tetrazole rings is 1. The highest BCUT2D eigenvalue weighted by Gasteiger charge is 2.12. The summed E-state index contributed by atoms with van der Waals surface area (Å²) in [6, 6.07) is 6.63. The number of hydrogen-bond donors (Lipinski definition) is 1. The van der Waals surface area contributed by atoms with Crippen molar-refractivity contribution in [2.45, 2.75) is 17.8 Å². The molecule has 1 N–H and O–H groups in total. The number of thioether (sulfide) groups is 1. The Balaban J connectivity index is 1.80. The molecule has 0 radical (unpaired) electrons. The highest BCUT2D eigenvalue weighted by atomic mass is 32.2. The first-order chi connectivity index (χ1) is 9.74. The molecule has 0 aliphatic rings. The molecule has 3 rings (SSSR count). The monoisotopic (exact) mass is 290 g/mol. The van der Waals surface area contributed by atoms with Crippen LogP contribution in [0.4, 0.5) is 0 Å². The first-order valence-corrected chi connectivity index (χ1v) is 6.71. The smallest absolute Gasteiger partial charge is 0.214 e. The third-order valence-corrected chi connectivity index (χ3v) is 3.55. The average Bonchev–Trinajstić information content (AvgIpc) is 3.06. The van der Waals surface area contributed by atoms with Crippen molar-refractivity contribution in [3.05, 3.63) is 35.7 Å². The van der Waals surface area contributed by atoms with Gasteiger partial charge in [0.25, 0.3) is 0 Å². The lowest BCUT2D eigenvalue weighted by Gasteiger charge is -2.03. The summed E-state index contributed by atoms with van der Waals surface area (Å²) in [6.07, 6.45) is 0. The fourth-order valence-electron chi connectivity index (χ4n) is 1.54. The summed E-state index contributed by atoms with van der Waals surface area (Å²) in [5.74, 6) is 0.758. The summed E-state index contributed by atoms with van der Waals surface area (Å²) in [5, 5.41) is 29.0. The van der Waals surface area contributed by atoms with Gasteiger partial charge in [0, 0.05) is 5.75 Å². The number of nitrogens with zero attached hydrogens (tertiary/aromatic N) is 6. The van der Waals surface area contributed by atoms with E-state index in [1.165, 1.54) is 11.8 Å². The van der Waals surface area contributed by atoms with Crippen LogP contribution in [0.5, 0.6) is 5.75 Å². The van der Waals surface area contributed by atoms with Crippen LogP contribution in [0.25, 0.3) is 5.69 Å². The van der Waals surface area contributed by atoms with E-state index >= 15 is 0 Å². The number of benzene rings is 1. The van der Waals surface area contributed by atoms with E-state index in [4.69, 9.17) is 0 Å². The van der Waals surface area contributed by atoms with Gasteiger partial charge in [-0.05, 0) is 41.6 Å². The number of aromatic nitrogens is 6. The van der Waals surface area contributed by atoms with Crippen molar-refractivity contribution in [3.63, 3.8) is 0 Å². The van der Waals surface area contributed by atoms with E-state index in [-0.39, 0.29) is 5.75 Å². The van der Waals surface area contributed by atoms with Gasteiger partial charge < -0.3 is 5.11 Å². The van der Waals surface area contributed by atoms with Gasteiger partial charge in [0.15, 0.2) is 0 Å². The Hall–Kier alpha value is -2.42. The molecule has 0 saturated heterocycles. The van der Waals surface area contributed by atoms with Crippen molar-refractivity contribution in [3.8, 4) is 11.4 Å². The Labute approximate surface area is 117 Å². The normalized spacial score (nSPS) is 10.8. The quantitative estimate of drug-likeness (QED) is 0.718. The summed E-state index contributed by atoms with van der Waals surface area (Å²) in [7, 11) is 0. The number of phenolic OH excluding ortho intramolecular Hbond substituents is 1. The summed E-state index contributed by atoms with van der Waals surface area (Å²) >= 11 is 1.43. The Morgan fingerprint density at radius 3 is 2.75 bits per heavy atom. The third kappa shape index (κ3) is 2.48. The van der Waals surface area contributed by atoms with Crippen molar-refractivity contribution in [1.82, 2.24) is 30.5 Å². The number of rotatable bonds is 4. The largest absolute Gasteiger partial charge is 0.508 e. The van der Waals surface area contributed by atoms with Gasteiger partial charge >= 0.3 is 0 Å². The SMILES string of the molecule is Cc1nonc1CSc1nnnn1-c1ccc(O)cc1. The Morgan fingerprint density at radius 2 is 2.05 bits per heavy atom. The van der Waals surface area contributed by atoms with E-state index in [0.717, 1.165) is 17.1 Å². The van der Waals surface area contributed by atoms with Crippen LogP contribution in [0, 0.1) is 6.92 Å². The Kier molecular flexibility index (Phi) is 3.33. The van der Waals surface area contributed by atoms with Crippen LogP contribution in [0.2, 0.25) is 0 Å². The van der Waals surface area contributed by atoms with Crippen molar-refractivity contribution in [1.29, 1.82) is 0 Å². The predicted molar refractivity (Wildman–Crippen MR) is 69.4 cm³/mol. The average molecular weight is 290 g/mol. The van der Waals surface area contributed by atoms with E-state index < -0.39 is 0 Å². The summed E-state index contributed by atoms with van der Waals surface area (Å²) in [4.78, 5) is 0. The van der Waals surface area contributed by atoms with Crippen molar-refractivity contribution >= 4 is 11.8 Å². The molecule has 3 aromatic rings. The Morgan fingerprint density at radius 1 is 1.25 bits per heavy atom. The zero-order chi connectivity index (χ0) is 13.9. The molecule has 2 heterocycles. The van der Waals surface area contributed by atoms with Crippen LogP contribution < -0.4 is 0 Å². The van der Waals surface area contributed by atoms with Crippen LogP contribution in [0.15, 0.2) is 34.1 Å². The minimum atomic E-state index is 0.195. The molecule has 1 aromatic carbocycles. The van der Waals surface area contributed by atoms with Gasteiger partial charge in [-0.2, -0.15) is 4.68 Å². The van der Waals surface area contributed by atoms with Crippen molar-refractivity contribution in [2.75, 3.05) is 0 Å². The molecule has 0 unspecified atom stereocenters. The van der Waals surface area contributed by atoms with E-state index in [9.17, 15) is 5.11 Å². The van der Waals surface area contributed by atoms with Gasteiger partial charge in [0.05, 0.1) is 5.69 Å². The molecule has 2 aromatic heterocycles. The number of phenols is 1. The maximum Gasteiger partial charge on any atom is 0.214 e. The molecule has 0 aliphatic carbocycles. The third-order valence-electron chi connectivity index (χ3n) is 2.62. The minimum absolute atomic E-state index is 0.195. The highest BCUT2D eigenvalue weighted by molar-refractivity contribution is 7.98. The van der Waals surface area contributed by atoms with Gasteiger partial charge in [0.1, 0.15) is 17.1 Å². The van der Waals surface area contributed by atoms with Crippen molar-refractivity contribution in [2.24, 2.45) is 0 Å². The van der Waals surface area contributed by atoms with Crippen LogP contribution in [0.3, 0.4) is 0 Å². The molecule has 102 valence electrons.